The van der Waals surface area contributed by atoms with E-state index < -0.39 is 0 Å². The van der Waals surface area contributed by atoms with Crippen molar-refractivity contribution in [2.45, 2.75) is 13.3 Å². The van der Waals surface area contributed by atoms with Crippen molar-refractivity contribution in [2.75, 3.05) is 26.8 Å². The molecule has 0 bridgehead atoms. The summed E-state index contributed by atoms with van der Waals surface area (Å²) in [6.45, 7) is 4.08. The molecule has 0 aliphatic heterocycles. The van der Waals surface area contributed by atoms with Gasteiger partial charge in [-0.2, -0.15) is 0 Å². The molecule has 3 aromatic carbocycles. The molecular formula is C22H25NO3. The molecule has 0 heterocycles. The third kappa shape index (κ3) is 4.27. The topological polar surface area (TPSA) is 50.7 Å². The number of fused-ring (bicyclic) bond motifs is 1. The minimum absolute atomic E-state index is 0.274. The van der Waals surface area contributed by atoms with E-state index >= 15 is 0 Å². The van der Waals surface area contributed by atoms with Crippen LogP contribution in [-0.2, 0) is 6.42 Å². The van der Waals surface area contributed by atoms with E-state index in [1.54, 1.807) is 12.1 Å². The van der Waals surface area contributed by atoms with E-state index in [1.165, 1.54) is 5.56 Å². The Labute approximate surface area is 154 Å². The molecule has 0 saturated carbocycles. The fraction of sp³-hybridized carbons (Fsp3) is 0.273. The molecule has 0 unspecified atom stereocenters. The summed E-state index contributed by atoms with van der Waals surface area (Å²) in [6.07, 6.45) is 0.758. The van der Waals surface area contributed by atoms with Crippen LogP contribution < -0.4 is 14.8 Å². The van der Waals surface area contributed by atoms with Gasteiger partial charge in [-0.25, -0.2) is 0 Å². The van der Waals surface area contributed by atoms with Gasteiger partial charge in [0.05, 0.1) is 6.61 Å². The lowest BCUT2D eigenvalue weighted by Gasteiger charge is -2.14. The van der Waals surface area contributed by atoms with Gasteiger partial charge in [0.2, 0.25) is 0 Å². The first kappa shape index (κ1) is 18.1. The Morgan fingerprint density at radius 1 is 0.962 bits per heavy atom. The van der Waals surface area contributed by atoms with Crippen molar-refractivity contribution in [3.63, 3.8) is 0 Å². The molecular weight excluding hydrogens is 326 g/mol. The Bertz CT molecular complexity index is 859. The summed E-state index contributed by atoms with van der Waals surface area (Å²) in [5, 5.41) is 14.9. The third-order valence-corrected chi connectivity index (χ3v) is 4.30. The highest BCUT2D eigenvalue weighted by Gasteiger charge is 2.10. The van der Waals surface area contributed by atoms with Gasteiger partial charge in [-0.05, 0) is 60.6 Å². The van der Waals surface area contributed by atoms with Crippen LogP contribution in [-0.4, -0.2) is 31.9 Å². The molecule has 0 aliphatic carbocycles. The molecule has 0 radical (unpaired) electrons. The van der Waals surface area contributed by atoms with Gasteiger partial charge in [0, 0.05) is 18.5 Å². The molecule has 136 valence electrons. The Morgan fingerprint density at radius 2 is 1.77 bits per heavy atom. The van der Waals surface area contributed by atoms with E-state index in [2.05, 4.69) is 17.4 Å². The molecule has 0 aromatic heterocycles. The lowest BCUT2D eigenvalue weighted by atomic mass is 9.97. The van der Waals surface area contributed by atoms with E-state index in [-0.39, 0.29) is 5.75 Å². The molecule has 26 heavy (non-hydrogen) atoms. The van der Waals surface area contributed by atoms with Crippen molar-refractivity contribution in [3.05, 3.63) is 65.7 Å². The van der Waals surface area contributed by atoms with Crippen molar-refractivity contribution in [1.82, 2.24) is 5.32 Å². The maximum atomic E-state index is 9.75. The Hall–Kier alpha value is -2.72. The molecule has 0 aliphatic rings. The number of rotatable bonds is 8. The fourth-order valence-electron chi connectivity index (χ4n) is 3.01. The van der Waals surface area contributed by atoms with Crippen LogP contribution in [0.2, 0.25) is 0 Å². The van der Waals surface area contributed by atoms with E-state index in [1.807, 2.05) is 44.3 Å². The second kappa shape index (κ2) is 8.59. The predicted molar refractivity (Wildman–Crippen MR) is 105 cm³/mol. The monoisotopic (exact) mass is 351 g/mol. The number of aromatic hydroxyl groups is 1. The number of phenolic OH excluding ortho intramolecular Hbond substituents is 1. The van der Waals surface area contributed by atoms with E-state index in [0.717, 1.165) is 40.8 Å². The second-order valence-corrected chi connectivity index (χ2v) is 6.15. The lowest BCUT2D eigenvalue weighted by Crippen LogP contribution is -2.15. The second-order valence-electron chi connectivity index (χ2n) is 6.15. The molecule has 0 amide bonds. The van der Waals surface area contributed by atoms with Gasteiger partial charge in [-0.3, -0.25) is 0 Å². The first-order valence-corrected chi connectivity index (χ1v) is 8.95. The Balaban J connectivity index is 1.88. The van der Waals surface area contributed by atoms with Crippen LogP contribution in [0, 0.1) is 0 Å². The van der Waals surface area contributed by atoms with E-state index in [9.17, 15) is 5.11 Å². The van der Waals surface area contributed by atoms with Gasteiger partial charge in [0.25, 0.3) is 0 Å². The highest BCUT2D eigenvalue weighted by atomic mass is 16.5. The number of likely N-dealkylation sites (N-methyl/N-ethyl adjacent to an activating group) is 1. The largest absolute Gasteiger partial charge is 0.508 e. The van der Waals surface area contributed by atoms with Crippen LogP contribution in [0.4, 0.5) is 0 Å². The fourth-order valence-corrected chi connectivity index (χ4v) is 3.01. The van der Waals surface area contributed by atoms with Crippen LogP contribution >= 0.6 is 0 Å². The zero-order valence-electron chi connectivity index (χ0n) is 15.3. The first-order valence-electron chi connectivity index (χ1n) is 8.95. The number of phenols is 1. The van der Waals surface area contributed by atoms with Gasteiger partial charge in [0.1, 0.15) is 23.9 Å². The summed E-state index contributed by atoms with van der Waals surface area (Å²) in [7, 11) is 1.91. The lowest BCUT2D eigenvalue weighted by molar-refractivity contribution is 0.318. The zero-order chi connectivity index (χ0) is 18.4. The third-order valence-electron chi connectivity index (χ3n) is 4.30. The van der Waals surface area contributed by atoms with Gasteiger partial charge < -0.3 is 19.9 Å². The summed E-state index contributed by atoms with van der Waals surface area (Å²) >= 11 is 0. The van der Waals surface area contributed by atoms with E-state index in [0.29, 0.717) is 13.2 Å². The first-order chi connectivity index (χ1) is 12.7. The quantitative estimate of drug-likeness (QED) is 0.599. The normalized spacial score (nSPS) is 10.8. The van der Waals surface area contributed by atoms with Gasteiger partial charge in [-0.15, -0.1) is 0 Å². The predicted octanol–water partition coefficient (Wildman–Crippen LogP) is 4.13. The zero-order valence-corrected chi connectivity index (χ0v) is 15.3. The minimum Gasteiger partial charge on any atom is -0.508 e. The molecule has 0 atom stereocenters. The van der Waals surface area contributed by atoms with Crippen molar-refractivity contribution in [1.29, 1.82) is 0 Å². The van der Waals surface area contributed by atoms with Crippen LogP contribution in [0.25, 0.3) is 10.8 Å². The Kier molecular flexibility index (Phi) is 5.97. The number of ether oxygens (including phenoxy) is 2. The maximum absolute atomic E-state index is 9.75. The molecule has 0 saturated heterocycles. The Morgan fingerprint density at radius 3 is 2.50 bits per heavy atom. The summed E-state index contributed by atoms with van der Waals surface area (Å²) in [6, 6.07) is 17.6. The van der Waals surface area contributed by atoms with E-state index in [4.69, 9.17) is 9.47 Å². The van der Waals surface area contributed by atoms with Crippen LogP contribution in [0.1, 0.15) is 18.1 Å². The summed E-state index contributed by atoms with van der Waals surface area (Å²) < 4.78 is 11.5. The minimum atomic E-state index is 0.274. The van der Waals surface area contributed by atoms with Gasteiger partial charge in [-0.1, -0.05) is 24.3 Å². The van der Waals surface area contributed by atoms with Crippen molar-refractivity contribution in [2.24, 2.45) is 0 Å². The number of hydrogen-bond acceptors (Lipinski definition) is 4. The number of nitrogens with one attached hydrogen (secondary N) is 1. The SMILES string of the molecule is CCOc1ccc2cc(O)ccc2c1Cc1ccc(OCCNC)cc1. The maximum Gasteiger partial charge on any atom is 0.123 e. The molecule has 3 aromatic rings. The average Bonchev–Trinajstić information content (AvgIpc) is 2.65. The smallest absolute Gasteiger partial charge is 0.123 e. The molecule has 4 nitrogen and oxygen atoms in total. The van der Waals surface area contributed by atoms with Crippen molar-refractivity contribution in [3.8, 4) is 17.2 Å². The highest BCUT2D eigenvalue weighted by molar-refractivity contribution is 5.89. The summed E-state index contributed by atoms with van der Waals surface area (Å²) in [4.78, 5) is 0. The van der Waals surface area contributed by atoms with Crippen molar-refractivity contribution >= 4 is 10.8 Å². The summed E-state index contributed by atoms with van der Waals surface area (Å²) in [5.74, 6) is 2.03. The standard InChI is InChI=1S/C22H25NO3/c1-3-25-22-11-6-17-15-18(24)7-10-20(17)21(22)14-16-4-8-19(9-5-16)26-13-12-23-2/h4-11,15,23-24H,3,12-14H2,1-2H3. The molecule has 2 N–H and O–H groups in total. The highest BCUT2D eigenvalue weighted by Crippen LogP contribution is 2.32. The molecule has 3 rings (SSSR count). The van der Waals surface area contributed by atoms with Crippen LogP contribution in [0.3, 0.4) is 0 Å². The molecule has 4 heteroatoms. The van der Waals surface area contributed by atoms with Crippen molar-refractivity contribution < 1.29 is 14.6 Å². The average molecular weight is 351 g/mol. The molecule has 0 spiro atoms. The molecule has 0 fully saturated rings. The summed E-state index contributed by atoms with van der Waals surface area (Å²) in [5.41, 5.74) is 2.32. The van der Waals surface area contributed by atoms with Crippen LogP contribution in [0.15, 0.2) is 54.6 Å². The number of benzene rings is 3. The number of hydrogen-bond donors (Lipinski definition) is 2. The van der Waals surface area contributed by atoms with Gasteiger partial charge >= 0.3 is 0 Å². The van der Waals surface area contributed by atoms with Gasteiger partial charge in [0.15, 0.2) is 0 Å². The van der Waals surface area contributed by atoms with Crippen LogP contribution in [0.5, 0.6) is 17.2 Å².